The van der Waals surface area contributed by atoms with E-state index in [2.05, 4.69) is 10.2 Å². The van der Waals surface area contributed by atoms with Gasteiger partial charge in [0.25, 0.3) is 0 Å². The lowest BCUT2D eigenvalue weighted by Crippen LogP contribution is -2.36. The first-order valence-corrected chi connectivity index (χ1v) is 8.96. The van der Waals surface area contributed by atoms with Gasteiger partial charge in [0.2, 0.25) is 5.91 Å². The minimum atomic E-state index is -0.335. The Hall–Kier alpha value is -1.88. The predicted octanol–water partition coefficient (Wildman–Crippen LogP) is 3.07. The monoisotopic (exact) mass is 330 g/mol. The summed E-state index contributed by atoms with van der Waals surface area (Å²) in [6, 6.07) is 7.70. The van der Waals surface area contributed by atoms with Crippen LogP contribution in [0.2, 0.25) is 0 Å². The average molecular weight is 330 g/mol. The molecule has 1 aliphatic heterocycles. The number of ether oxygens (including phenoxy) is 1. The third-order valence-corrected chi connectivity index (χ3v) is 4.87. The van der Waals surface area contributed by atoms with E-state index in [1.807, 2.05) is 0 Å². The number of benzene rings is 1. The summed E-state index contributed by atoms with van der Waals surface area (Å²) in [6.45, 7) is 4.41. The van der Waals surface area contributed by atoms with Gasteiger partial charge < -0.3 is 15.0 Å². The van der Waals surface area contributed by atoms with E-state index in [1.54, 1.807) is 31.2 Å². The summed E-state index contributed by atoms with van der Waals surface area (Å²) in [7, 11) is 0. The van der Waals surface area contributed by atoms with Gasteiger partial charge in [-0.05, 0) is 75.9 Å². The molecule has 1 amide bonds. The molecular formula is C19H26N2O3. The molecule has 130 valence electrons. The normalized spacial score (nSPS) is 19.0. The Morgan fingerprint density at radius 2 is 1.79 bits per heavy atom. The quantitative estimate of drug-likeness (QED) is 0.815. The van der Waals surface area contributed by atoms with Crippen LogP contribution in [0.15, 0.2) is 24.3 Å². The third-order valence-electron chi connectivity index (χ3n) is 4.87. The van der Waals surface area contributed by atoms with Crippen LogP contribution < -0.4 is 5.32 Å². The van der Waals surface area contributed by atoms with Crippen LogP contribution in [0.3, 0.4) is 0 Å². The lowest BCUT2D eigenvalue weighted by Gasteiger charge is -2.31. The highest BCUT2D eigenvalue weighted by Gasteiger charge is 2.32. The van der Waals surface area contributed by atoms with Crippen molar-refractivity contribution in [2.75, 3.05) is 25.0 Å². The maximum absolute atomic E-state index is 12.2. The van der Waals surface area contributed by atoms with Gasteiger partial charge in [0.1, 0.15) is 0 Å². The van der Waals surface area contributed by atoms with Crippen LogP contribution >= 0.6 is 0 Å². The molecule has 3 rings (SSSR count). The van der Waals surface area contributed by atoms with Crippen molar-refractivity contribution in [2.45, 2.75) is 45.1 Å². The van der Waals surface area contributed by atoms with Crippen molar-refractivity contribution < 1.29 is 14.3 Å². The molecule has 1 saturated heterocycles. The molecule has 1 N–H and O–H groups in total. The Morgan fingerprint density at radius 1 is 1.12 bits per heavy atom. The number of rotatable bonds is 6. The first-order chi connectivity index (χ1) is 11.7. The third kappa shape index (κ3) is 4.57. The summed E-state index contributed by atoms with van der Waals surface area (Å²) in [5.41, 5.74) is 1.23. The Balaban J connectivity index is 1.43. The van der Waals surface area contributed by atoms with Gasteiger partial charge in [-0.1, -0.05) is 0 Å². The maximum atomic E-state index is 12.2. The molecule has 0 bridgehead atoms. The molecule has 0 aromatic heterocycles. The topological polar surface area (TPSA) is 58.6 Å². The summed E-state index contributed by atoms with van der Waals surface area (Å²) >= 11 is 0. The van der Waals surface area contributed by atoms with Gasteiger partial charge in [-0.3, -0.25) is 4.79 Å². The Bertz CT molecular complexity index is 573. The zero-order chi connectivity index (χ0) is 16.9. The number of hydrogen-bond donors (Lipinski definition) is 1. The first kappa shape index (κ1) is 17.0. The van der Waals surface area contributed by atoms with E-state index in [4.69, 9.17) is 4.74 Å². The molecule has 1 aliphatic carbocycles. The van der Waals surface area contributed by atoms with Crippen LogP contribution in [0, 0.1) is 5.92 Å². The molecule has 24 heavy (non-hydrogen) atoms. The summed E-state index contributed by atoms with van der Waals surface area (Å²) in [5.74, 6) is 0.209. The molecule has 2 fully saturated rings. The molecule has 2 aliphatic rings. The van der Waals surface area contributed by atoms with Crippen LogP contribution in [-0.4, -0.2) is 42.5 Å². The van der Waals surface area contributed by atoms with Crippen LogP contribution in [-0.2, 0) is 9.53 Å². The van der Waals surface area contributed by atoms with Gasteiger partial charge in [0, 0.05) is 18.2 Å². The van der Waals surface area contributed by atoms with Crippen LogP contribution in [0.5, 0.6) is 0 Å². The number of amides is 1. The van der Waals surface area contributed by atoms with Gasteiger partial charge in [-0.25, -0.2) is 4.79 Å². The van der Waals surface area contributed by atoms with E-state index in [9.17, 15) is 9.59 Å². The molecular weight excluding hydrogens is 304 g/mol. The van der Waals surface area contributed by atoms with Crippen LogP contribution in [0.1, 0.15) is 49.4 Å². The van der Waals surface area contributed by atoms with Crippen LogP contribution in [0.25, 0.3) is 0 Å². The second-order valence-electron chi connectivity index (χ2n) is 6.76. The molecule has 0 spiro atoms. The van der Waals surface area contributed by atoms with Crippen molar-refractivity contribution in [3.63, 3.8) is 0 Å². The van der Waals surface area contributed by atoms with E-state index < -0.39 is 0 Å². The van der Waals surface area contributed by atoms with Crippen molar-refractivity contribution in [2.24, 2.45) is 5.92 Å². The number of carbonyl (C=O) groups excluding carboxylic acids is 2. The number of hydrogen-bond acceptors (Lipinski definition) is 4. The highest BCUT2D eigenvalue weighted by Crippen LogP contribution is 2.31. The standard InChI is InChI=1S/C19H26N2O3/c1-2-24-19(23)15-3-5-16(6-4-15)20-18(22)13-14-9-11-21(12-10-14)17-7-8-17/h3-6,14,17H,2,7-13H2,1H3,(H,20,22). The summed E-state index contributed by atoms with van der Waals surface area (Å²) < 4.78 is 4.95. The second-order valence-corrected chi connectivity index (χ2v) is 6.76. The van der Waals surface area contributed by atoms with Gasteiger partial charge in [-0.15, -0.1) is 0 Å². The Morgan fingerprint density at radius 3 is 2.38 bits per heavy atom. The molecule has 0 atom stereocenters. The largest absolute Gasteiger partial charge is 0.462 e. The molecule has 5 nitrogen and oxygen atoms in total. The van der Waals surface area contributed by atoms with Gasteiger partial charge >= 0.3 is 5.97 Å². The average Bonchev–Trinajstić information content (AvgIpc) is 3.41. The minimum absolute atomic E-state index is 0.0590. The second kappa shape index (κ2) is 7.79. The molecule has 1 saturated carbocycles. The molecule has 1 aromatic carbocycles. The van der Waals surface area contributed by atoms with E-state index >= 15 is 0 Å². The number of nitrogens with zero attached hydrogens (tertiary/aromatic N) is 1. The number of nitrogens with one attached hydrogen (secondary N) is 1. The van der Waals surface area contributed by atoms with E-state index in [-0.39, 0.29) is 11.9 Å². The smallest absolute Gasteiger partial charge is 0.338 e. The summed E-state index contributed by atoms with van der Waals surface area (Å²) in [4.78, 5) is 26.4. The predicted molar refractivity (Wildman–Crippen MR) is 93.0 cm³/mol. The zero-order valence-electron chi connectivity index (χ0n) is 14.3. The summed E-state index contributed by atoms with van der Waals surface area (Å²) in [5, 5.41) is 2.93. The highest BCUT2D eigenvalue weighted by molar-refractivity contribution is 5.93. The minimum Gasteiger partial charge on any atom is -0.462 e. The number of piperidine rings is 1. The van der Waals surface area contributed by atoms with Gasteiger partial charge in [0.05, 0.1) is 12.2 Å². The molecule has 1 aromatic rings. The number of likely N-dealkylation sites (tertiary alicyclic amines) is 1. The summed E-state index contributed by atoms with van der Waals surface area (Å²) in [6.07, 6.45) is 5.52. The van der Waals surface area contributed by atoms with E-state index in [0.29, 0.717) is 24.5 Å². The highest BCUT2D eigenvalue weighted by atomic mass is 16.5. The number of carbonyl (C=O) groups is 2. The fourth-order valence-electron chi connectivity index (χ4n) is 3.34. The molecule has 1 heterocycles. The number of anilines is 1. The SMILES string of the molecule is CCOC(=O)c1ccc(NC(=O)CC2CCN(C3CC3)CC2)cc1. The first-order valence-electron chi connectivity index (χ1n) is 8.96. The Kier molecular flexibility index (Phi) is 5.51. The Labute approximate surface area is 143 Å². The number of esters is 1. The molecule has 5 heteroatoms. The van der Waals surface area contributed by atoms with Gasteiger partial charge in [-0.2, -0.15) is 0 Å². The van der Waals surface area contributed by atoms with E-state index in [0.717, 1.165) is 37.7 Å². The fraction of sp³-hybridized carbons (Fsp3) is 0.579. The van der Waals surface area contributed by atoms with Crippen molar-refractivity contribution in [1.29, 1.82) is 0 Å². The maximum Gasteiger partial charge on any atom is 0.338 e. The lowest BCUT2D eigenvalue weighted by molar-refractivity contribution is -0.117. The van der Waals surface area contributed by atoms with Gasteiger partial charge in [0.15, 0.2) is 0 Å². The van der Waals surface area contributed by atoms with E-state index in [1.165, 1.54) is 12.8 Å². The lowest BCUT2D eigenvalue weighted by atomic mass is 9.93. The molecule has 0 radical (unpaired) electrons. The van der Waals surface area contributed by atoms with Crippen molar-refractivity contribution >= 4 is 17.6 Å². The zero-order valence-corrected chi connectivity index (χ0v) is 14.3. The van der Waals surface area contributed by atoms with Crippen LogP contribution in [0.4, 0.5) is 5.69 Å². The van der Waals surface area contributed by atoms with Crippen molar-refractivity contribution in [3.05, 3.63) is 29.8 Å². The van der Waals surface area contributed by atoms with Crippen molar-refractivity contribution in [3.8, 4) is 0 Å². The molecule has 0 unspecified atom stereocenters. The van der Waals surface area contributed by atoms with Crippen molar-refractivity contribution in [1.82, 2.24) is 4.90 Å². The fourth-order valence-corrected chi connectivity index (χ4v) is 3.34.